The van der Waals surface area contributed by atoms with Crippen LogP contribution >= 0.6 is 22.6 Å². The van der Waals surface area contributed by atoms with Gasteiger partial charge in [-0.15, -0.1) is 0 Å². The number of carbonyl (C=O) groups excluding carboxylic acids is 1. The minimum absolute atomic E-state index is 0.0152. The lowest BCUT2D eigenvalue weighted by Gasteiger charge is -2.41. The quantitative estimate of drug-likeness (QED) is 0.0551. The molecule has 7 nitrogen and oxygen atoms in total. The summed E-state index contributed by atoms with van der Waals surface area (Å²) < 4.78 is 46.8. The fourth-order valence-electron chi connectivity index (χ4n) is 8.64. The van der Waals surface area contributed by atoms with Gasteiger partial charge in [0, 0.05) is 22.2 Å². The van der Waals surface area contributed by atoms with Crippen LogP contribution in [0.5, 0.6) is 0 Å². The number of carbonyl (C=O) groups is 1. The van der Waals surface area contributed by atoms with E-state index < -0.39 is 21.4 Å². The number of halogens is 1. The molecule has 9 heteroatoms. The second-order valence-corrected chi connectivity index (χ2v) is 20.0. The fourth-order valence-corrected chi connectivity index (χ4v) is 11.5. The predicted molar refractivity (Wildman–Crippen MR) is 209 cm³/mol. The third kappa shape index (κ3) is 10.6. The molecule has 1 N–H and O–H groups in total. The van der Waals surface area contributed by atoms with Crippen molar-refractivity contribution in [2.75, 3.05) is 16.8 Å². The van der Waals surface area contributed by atoms with Crippen LogP contribution in [-0.4, -0.2) is 66.8 Å². The Balaban J connectivity index is 1.34. The first kappa shape index (κ1) is 41.7. The summed E-state index contributed by atoms with van der Waals surface area (Å²) in [5.74, 6) is 0.871. The van der Waals surface area contributed by atoms with Gasteiger partial charge in [0.25, 0.3) is 0 Å². The highest BCUT2D eigenvalue weighted by molar-refractivity contribution is 14.1. The Morgan fingerprint density at radius 1 is 1.08 bits per heavy atom. The maximum atomic E-state index is 13.5. The number of fused-ring (bicyclic) bond motifs is 1. The van der Waals surface area contributed by atoms with E-state index in [9.17, 15) is 18.3 Å². The molecule has 1 saturated carbocycles. The Morgan fingerprint density at radius 2 is 1.78 bits per heavy atom. The van der Waals surface area contributed by atoms with Gasteiger partial charge in [0.1, 0.15) is 0 Å². The summed E-state index contributed by atoms with van der Waals surface area (Å²) in [5.41, 5.74) is 0.503. The largest absolute Gasteiger partial charge is 0.465 e. The number of rotatable bonds is 17. The first-order chi connectivity index (χ1) is 23.5. The van der Waals surface area contributed by atoms with Gasteiger partial charge in [-0.05, 0) is 114 Å². The zero-order valence-corrected chi connectivity index (χ0v) is 34.7. The number of aliphatic hydroxyl groups excluding tert-OH is 1. The van der Waals surface area contributed by atoms with Crippen molar-refractivity contribution in [3.63, 3.8) is 0 Å². The van der Waals surface area contributed by atoms with Crippen molar-refractivity contribution in [1.82, 2.24) is 0 Å². The fraction of sp³-hybridized carbons (Fsp3) is 0.780. The second kappa shape index (κ2) is 17.9. The standard InChI is InChI=1S/C41H65IO7S/c1-9-27(2)20-36-30(5)34(25-50(45,46)33-15-11-10-12-16-33)37(49-36)22-35(43)29(4)28(3)21-31-17-18-38-41(23-31,26-42)24-32(48-38)14-13-19-47-39(44)40(6,7)8/h10-12,15-16,27-28,30-32,34-38,43H,4,9,13-14,17-26H2,1-3,5-8H3/t27-,28-,30-,31?,32+,34-,35-,36-,37+,38+,41+/m1/s1. The van der Waals surface area contributed by atoms with Crippen LogP contribution in [0.25, 0.3) is 0 Å². The van der Waals surface area contributed by atoms with E-state index in [2.05, 4.69) is 56.9 Å². The third-order valence-corrected chi connectivity index (χ3v) is 15.5. The van der Waals surface area contributed by atoms with Crippen LogP contribution in [0.2, 0.25) is 0 Å². The Morgan fingerprint density at radius 3 is 2.42 bits per heavy atom. The molecule has 1 aliphatic carbocycles. The molecule has 0 bridgehead atoms. The minimum Gasteiger partial charge on any atom is -0.465 e. The van der Waals surface area contributed by atoms with Crippen molar-refractivity contribution in [3.8, 4) is 0 Å². The van der Waals surface area contributed by atoms with Crippen LogP contribution in [0.15, 0.2) is 47.4 Å². The van der Waals surface area contributed by atoms with E-state index in [0.717, 1.165) is 67.8 Å². The van der Waals surface area contributed by atoms with Crippen molar-refractivity contribution in [2.45, 2.75) is 148 Å². The van der Waals surface area contributed by atoms with Crippen molar-refractivity contribution in [3.05, 3.63) is 42.5 Å². The van der Waals surface area contributed by atoms with Crippen LogP contribution in [0.1, 0.15) is 113 Å². The Bertz CT molecular complexity index is 1360. The van der Waals surface area contributed by atoms with Gasteiger partial charge in [0.2, 0.25) is 0 Å². The van der Waals surface area contributed by atoms with E-state index in [4.69, 9.17) is 14.2 Å². The van der Waals surface area contributed by atoms with Gasteiger partial charge in [0.15, 0.2) is 9.84 Å². The second-order valence-electron chi connectivity index (χ2n) is 17.2. The summed E-state index contributed by atoms with van der Waals surface area (Å²) in [4.78, 5) is 12.5. The summed E-state index contributed by atoms with van der Waals surface area (Å²) >= 11 is 2.55. The van der Waals surface area contributed by atoms with Gasteiger partial charge in [0.05, 0.1) is 53.2 Å². The van der Waals surface area contributed by atoms with Crippen LogP contribution in [-0.2, 0) is 28.8 Å². The van der Waals surface area contributed by atoms with E-state index in [1.807, 2.05) is 26.8 Å². The number of sulfone groups is 1. The zero-order chi connectivity index (χ0) is 36.9. The number of alkyl halides is 1. The molecule has 3 fully saturated rings. The third-order valence-electron chi connectivity index (χ3n) is 12.1. The molecule has 0 radical (unpaired) electrons. The monoisotopic (exact) mass is 828 g/mol. The number of hydrogen-bond donors (Lipinski definition) is 1. The van der Waals surface area contributed by atoms with E-state index in [-0.39, 0.29) is 59.3 Å². The van der Waals surface area contributed by atoms with Crippen molar-refractivity contribution in [2.24, 2.45) is 40.4 Å². The van der Waals surface area contributed by atoms with Crippen molar-refractivity contribution < 1.29 is 32.5 Å². The lowest BCUT2D eigenvalue weighted by atomic mass is 9.65. The molecule has 3 aliphatic rings. The molecule has 2 saturated heterocycles. The molecule has 1 aromatic rings. The molecule has 1 aromatic carbocycles. The summed E-state index contributed by atoms with van der Waals surface area (Å²) in [6.45, 7) is 19.2. The zero-order valence-electron chi connectivity index (χ0n) is 31.7. The Hall–Kier alpha value is -1.01. The predicted octanol–water partition coefficient (Wildman–Crippen LogP) is 9.00. The molecule has 1 unspecified atom stereocenters. The SMILES string of the molecule is C=C([C@H](C)CC1CC[C@@H]2O[C@@H](CCCOC(=O)C(C)(C)C)C[C@]2(CI)C1)[C@H](O)C[C@@H]1O[C@H](C[C@H](C)CC)[C@H](C)[C@H]1CS(=O)(=O)c1ccccc1. The first-order valence-electron chi connectivity index (χ1n) is 19.2. The van der Waals surface area contributed by atoms with E-state index in [1.165, 1.54) is 0 Å². The molecular weight excluding hydrogens is 763 g/mol. The topological polar surface area (TPSA) is 99.1 Å². The van der Waals surface area contributed by atoms with E-state index in [1.54, 1.807) is 24.3 Å². The lowest BCUT2D eigenvalue weighted by molar-refractivity contribution is -0.153. The molecule has 0 spiro atoms. The van der Waals surface area contributed by atoms with Gasteiger partial charge in [-0.1, -0.05) is 81.5 Å². The van der Waals surface area contributed by atoms with Gasteiger partial charge in [-0.3, -0.25) is 4.79 Å². The van der Waals surface area contributed by atoms with Crippen LogP contribution < -0.4 is 0 Å². The average molecular weight is 829 g/mol. The maximum Gasteiger partial charge on any atom is 0.311 e. The number of ether oxygens (including phenoxy) is 3. The highest BCUT2D eigenvalue weighted by Crippen LogP contribution is 2.53. The summed E-state index contributed by atoms with van der Waals surface area (Å²) in [6.07, 6.45) is 8.65. The highest BCUT2D eigenvalue weighted by Gasteiger charge is 2.51. The summed E-state index contributed by atoms with van der Waals surface area (Å²) in [5, 5.41) is 11.6. The molecule has 11 atom stereocenters. The van der Waals surface area contributed by atoms with Crippen LogP contribution in [0.3, 0.4) is 0 Å². The van der Waals surface area contributed by atoms with Crippen molar-refractivity contribution in [1.29, 1.82) is 0 Å². The van der Waals surface area contributed by atoms with Crippen LogP contribution in [0, 0.1) is 40.4 Å². The minimum atomic E-state index is -3.51. The number of aliphatic hydroxyl groups is 1. The molecule has 50 heavy (non-hydrogen) atoms. The van der Waals surface area contributed by atoms with E-state index >= 15 is 0 Å². The van der Waals surface area contributed by atoms with Crippen LogP contribution in [0.4, 0.5) is 0 Å². The number of benzene rings is 1. The molecule has 4 rings (SSSR count). The average Bonchev–Trinajstić information content (AvgIpc) is 3.58. The Kier molecular flexibility index (Phi) is 14.9. The van der Waals surface area contributed by atoms with Crippen molar-refractivity contribution >= 4 is 38.4 Å². The number of esters is 1. The van der Waals surface area contributed by atoms with Gasteiger partial charge in [-0.25, -0.2) is 8.42 Å². The van der Waals surface area contributed by atoms with Gasteiger partial charge >= 0.3 is 5.97 Å². The summed E-state index contributed by atoms with van der Waals surface area (Å²) in [6, 6.07) is 8.70. The molecular formula is C41H65IO7S. The molecule has 2 aliphatic heterocycles. The molecule has 284 valence electrons. The van der Waals surface area contributed by atoms with E-state index in [0.29, 0.717) is 29.8 Å². The first-order valence-corrected chi connectivity index (χ1v) is 22.4. The molecule has 2 heterocycles. The maximum absolute atomic E-state index is 13.5. The normalized spacial score (nSPS) is 31.9. The number of hydrogen-bond acceptors (Lipinski definition) is 7. The van der Waals surface area contributed by atoms with Gasteiger partial charge in [-0.2, -0.15) is 0 Å². The molecule has 0 amide bonds. The van der Waals surface area contributed by atoms with Gasteiger partial charge < -0.3 is 19.3 Å². The lowest BCUT2D eigenvalue weighted by Crippen LogP contribution is -2.39. The summed E-state index contributed by atoms with van der Waals surface area (Å²) in [7, 11) is -3.51. The highest BCUT2D eigenvalue weighted by atomic mass is 127. The smallest absolute Gasteiger partial charge is 0.311 e. The molecule has 0 aromatic heterocycles. The Labute approximate surface area is 317 Å².